The van der Waals surface area contributed by atoms with E-state index in [2.05, 4.69) is 10.3 Å². The minimum atomic E-state index is 0.0210. The molecule has 5 nitrogen and oxygen atoms in total. The summed E-state index contributed by atoms with van der Waals surface area (Å²) in [5, 5.41) is 11.6. The molecule has 0 aliphatic rings. The van der Waals surface area contributed by atoms with E-state index in [1.807, 2.05) is 18.2 Å². The number of ether oxygens (including phenoxy) is 1. The molecule has 0 spiro atoms. The summed E-state index contributed by atoms with van der Waals surface area (Å²) in [5.74, 6) is 0.551. The number of nitrogens with two attached hydrogens (primary N) is 1. The average Bonchev–Trinajstić information content (AvgIpc) is 2.44. The first kappa shape index (κ1) is 13.7. The van der Waals surface area contributed by atoms with Gasteiger partial charge in [-0.15, -0.1) is 0 Å². The van der Waals surface area contributed by atoms with Crippen molar-refractivity contribution in [3.63, 3.8) is 0 Å². The molecule has 0 atom stereocenters. The fourth-order valence-corrected chi connectivity index (χ4v) is 1.61. The Morgan fingerprint density at radius 2 is 2.00 bits per heavy atom. The van der Waals surface area contributed by atoms with Gasteiger partial charge in [-0.3, -0.25) is 0 Å². The Balaban J connectivity index is 2.30. The van der Waals surface area contributed by atoms with Crippen LogP contribution in [0.15, 0.2) is 53.5 Å². The Morgan fingerprint density at radius 1 is 1.25 bits per heavy atom. The van der Waals surface area contributed by atoms with E-state index in [0.29, 0.717) is 22.1 Å². The van der Waals surface area contributed by atoms with Crippen LogP contribution in [0.4, 0.5) is 11.4 Å². The molecule has 2 rings (SSSR count). The van der Waals surface area contributed by atoms with Crippen molar-refractivity contribution in [2.24, 2.45) is 4.99 Å². The molecule has 0 amide bonds. The third-order valence-corrected chi connectivity index (χ3v) is 2.57. The van der Waals surface area contributed by atoms with E-state index in [-0.39, 0.29) is 6.02 Å². The van der Waals surface area contributed by atoms with Crippen molar-refractivity contribution < 1.29 is 4.74 Å². The molecule has 2 aromatic rings. The summed E-state index contributed by atoms with van der Waals surface area (Å²) in [4.78, 5) is 4.16. The SMILES string of the molecule is N#CNC(=Nc1cc(Cl)ccc1N)Oc1ccccc1. The van der Waals surface area contributed by atoms with Crippen LogP contribution in [-0.2, 0) is 0 Å². The molecule has 20 heavy (non-hydrogen) atoms. The zero-order valence-corrected chi connectivity index (χ0v) is 11.1. The van der Waals surface area contributed by atoms with Crippen LogP contribution in [-0.4, -0.2) is 6.02 Å². The molecule has 6 heteroatoms. The molecule has 0 heterocycles. The van der Waals surface area contributed by atoms with Crippen molar-refractivity contribution in [1.29, 1.82) is 5.26 Å². The second kappa shape index (κ2) is 6.45. The zero-order valence-electron chi connectivity index (χ0n) is 10.4. The molecule has 0 aliphatic carbocycles. The lowest BCUT2D eigenvalue weighted by Crippen LogP contribution is -2.24. The molecule has 100 valence electrons. The third kappa shape index (κ3) is 3.64. The normalized spacial score (nSPS) is 10.7. The predicted molar refractivity (Wildman–Crippen MR) is 78.8 cm³/mol. The van der Waals surface area contributed by atoms with Crippen LogP contribution in [0.2, 0.25) is 5.02 Å². The molecule has 3 N–H and O–H groups in total. The number of hydrogen-bond donors (Lipinski definition) is 2. The molecule has 0 saturated heterocycles. The molecule has 0 aromatic heterocycles. The Kier molecular flexibility index (Phi) is 4.43. The maximum atomic E-state index is 8.74. The van der Waals surface area contributed by atoms with Crippen LogP contribution < -0.4 is 15.8 Å². The predicted octanol–water partition coefficient (Wildman–Crippen LogP) is 3.06. The van der Waals surface area contributed by atoms with Gasteiger partial charge in [-0.25, -0.2) is 5.32 Å². The molecule has 0 aliphatic heterocycles. The molecule has 0 unspecified atom stereocenters. The van der Waals surface area contributed by atoms with Crippen LogP contribution in [0.1, 0.15) is 0 Å². The van der Waals surface area contributed by atoms with Gasteiger partial charge in [-0.2, -0.15) is 10.3 Å². The molecule has 0 fully saturated rings. The maximum Gasteiger partial charge on any atom is 0.309 e. The number of hydrogen-bond acceptors (Lipinski definition) is 4. The largest absolute Gasteiger partial charge is 0.425 e. The lowest BCUT2D eigenvalue weighted by molar-refractivity contribution is 0.531. The van der Waals surface area contributed by atoms with Crippen LogP contribution in [0.5, 0.6) is 5.75 Å². The number of nitrogen functional groups attached to an aromatic ring is 1. The summed E-state index contributed by atoms with van der Waals surface area (Å²) in [6, 6.07) is 13.9. The van der Waals surface area contributed by atoms with E-state index in [1.54, 1.807) is 36.5 Å². The maximum absolute atomic E-state index is 8.74. The van der Waals surface area contributed by atoms with Crippen molar-refractivity contribution in [2.45, 2.75) is 0 Å². The zero-order chi connectivity index (χ0) is 14.4. The average molecular weight is 287 g/mol. The van der Waals surface area contributed by atoms with Gasteiger partial charge in [0.05, 0.1) is 11.4 Å². The number of nitriles is 1. The smallest absolute Gasteiger partial charge is 0.309 e. The molecule has 0 saturated carbocycles. The minimum Gasteiger partial charge on any atom is -0.425 e. The Bertz CT molecular complexity index is 665. The number of aliphatic imine (C=N–C) groups is 1. The monoisotopic (exact) mass is 286 g/mol. The number of nitrogens with one attached hydrogen (secondary N) is 1. The Labute approximate surface area is 121 Å². The van der Waals surface area contributed by atoms with Gasteiger partial charge in [0.1, 0.15) is 5.75 Å². The van der Waals surface area contributed by atoms with Crippen LogP contribution in [0.25, 0.3) is 0 Å². The van der Waals surface area contributed by atoms with E-state index in [0.717, 1.165) is 0 Å². The topological polar surface area (TPSA) is 83.4 Å². The number of halogens is 1. The molecule has 0 bridgehead atoms. The number of amidine groups is 1. The number of nitrogens with zero attached hydrogens (tertiary/aromatic N) is 2. The van der Waals surface area contributed by atoms with Crippen LogP contribution in [0.3, 0.4) is 0 Å². The van der Waals surface area contributed by atoms with E-state index in [4.69, 9.17) is 27.3 Å². The van der Waals surface area contributed by atoms with E-state index in [9.17, 15) is 0 Å². The fourth-order valence-electron chi connectivity index (χ4n) is 1.45. The number of benzene rings is 2. The second-order valence-electron chi connectivity index (χ2n) is 3.77. The van der Waals surface area contributed by atoms with Crippen molar-refractivity contribution >= 4 is 29.0 Å². The van der Waals surface area contributed by atoms with Crippen molar-refractivity contribution in [3.8, 4) is 11.9 Å². The van der Waals surface area contributed by atoms with Gasteiger partial charge in [0.15, 0.2) is 6.19 Å². The van der Waals surface area contributed by atoms with Gasteiger partial charge < -0.3 is 10.5 Å². The third-order valence-electron chi connectivity index (χ3n) is 2.34. The summed E-state index contributed by atoms with van der Waals surface area (Å²) in [5.41, 5.74) is 6.65. The van der Waals surface area contributed by atoms with Gasteiger partial charge in [0, 0.05) is 5.02 Å². The van der Waals surface area contributed by atoms with Gasteiger partial charge in [0.2, 0.25) is 0 Å². The summed E-state index contributed by atoms with van der Waals surface area (Å²) < 4.78 is 5.47. The number of rotatable bonds is 2. The lowest BCUT2D eigenvalue weighted by Gasteiger charge is -2.07. The first-order chi connectivity index (χ1) is 9.69. The standard InChI is InChI=1S/C14H11ClN4O/c15-10-6-7-12(17)13(8-10)19-14(18-9-16)20-11-4-2-1-3-5-11/h1-8H,17H2,(H,18,19). The molecule has 2 aromatic carbocycles. The van der Waals surface area contributed by atoms with Crippen molar-refractivity contribution in [3.05, 3.63) is 53.6 Å². The highest BCUT2D eigenvalue weighted by Gasteiger charge is 2.05. The van der Waals surface area contributed by atoms with Crippen molar-refractivity contribution in [2.75, 3.05) is 5.73 Å². The minimum absolute atomic E-state index is 0.0210. The molecular weight excluding hydrogens is 276 g/mol. The van der Waals surface area contributed by atoms with E-state index in [1.165, 1.54) is 0 Å². The first-order valence-electron chi connectivity index (χ1n) is 5.71. The van der Waals surface area contributed by atoms with Gasteiger partial charge in [-0.05, 0) is 30.3 Å². The Hall–Kier alpha value is -2.71. The van der Waals surface area contributed by atoms with Crippen LogP contribution in [0, 0.1) is 11.5 Å². The number of para-hydroxylation sites is 1. The molecular formula is C14H11ClN4O. The van der Waals surface area contributed by atoms with E-state index >= 15 is 0 Å². The summed E-state index contributed by atoms with van der Waals surface area (Å²) >= 11 is 5.89. The molecule has 0 radical (unpaired) electrons. The lowest BCUT2D eigenvalue weighted by atomic mass is 10.3. The van der Waals surface area contributed by atoms with E-state index < -0.39 is 0 Å². The van der Waals surface area contributed by atoms with Crippen LogP contribution >= 0.6 is 11.6 Å². The fraction of sp³-hybridized carbons (Fsp3) is 0. The highest BCUT2D eigenvalue weighted by atomic mass is 35.5. The quantitative estimate of drug-likeness (QED) is 0.292. The summed E-state index contributed by atoms with van der Waals surface area (Å²) in [6.07, 6.45) is 1.76. The highest BCUT2D eigenvalue weighted by molar-refractivity contribution is 6.31. The number of anilines is 1. The summed E-state index contributed by atoms with van der Waals surface area (Å²) in [6.45, 7) is 0. The second-order valence-corrected chi connectivity index (χ2v) is 4.21. The van der Waals surface area contributed by atoms with Gasteiger partial charge in [-0.1, -0.05) is 29.8 Å². The summed E-state index contributed by atoms with van der Waals surface area (Å²) in [7, 11) is 0. The van der Waals surface area contributed by atoms with Gasteiger partial charge in [0.25, 0.3) is 0 Å². The van der Waals surface area contributed by atoms with Gasteiger partial charge >= 0.3 is 6.02 Å². The first-order valence-corrected chi connectivity index (χ1v) is 6.08. The van der Waals surface area contributed by atoms with Crippen molar-refractivity contribution in [1.82, 2.24) is 5.32 Å². The Morgan fingerprint density at radius 3 is 2.70 bits per heavy atom. The highest BCUT2D eigenvalue weighted by Crippen LogP contribution is 2.26.